The molecule has 0 aliphatic heterocycles. The normalized spacial score (nSPS) is 11.3. The highest BCUT2D eigenvalue weighted by atomic mass is 32.1. The summed E-state index contributed by atoms with van der Waals surface area (Å²) in [5, 5.41) is 14.3. The van der Waals surface area contributed by atoms with Crippen LogP contribution in [-0.2, 0) is 13.1 Å². The van der Waals surface area contributed by atoms with E-state index in [-0.39, 0.29) is 28.4 Å². The molecule has 0 saturated heterocycles. The van der Waals surface area contributed by atoms with Crippen molar-refractivity contribution in [1.29, 1.82) is 5.41 Å². The summed E-state index contributed by atoms with van der Waals surface area (Å²) >= 11 is 1.20. The van der Waals surface area contributed by atoms with Crippen molar-refractivity contribution in [2.45, 2.75) is 40.3 Å². The first-order valence-electron chi connectivity index (χ1n) is 16.5. The van der Waals surface area contributed by atoms with Gasteiger partial charge in [-0.05, 0) is 75.3 Å². The van der Waals surface area contributed by atoms with Crippen LogP contribution in [0.2, 0.25) is 0 Å². The SMILES string of the molecule is CCNC(=O)Nc1ccc(-c2sc3c(c2CN(C)CCC(=N)N(CC)CC)c(=O)n(-c2ccccc2)c(=O)n3Cc2c(F)cccc2F)cc1. The Hall–Kier alpha value is -5.14. The molecular formula is C37H41F2N7O3S. The van der Waals surface area contributed by atoms with Gasteiger partial charge in [-0.3, -0.25) is 14.8 Å². The van der Waals surface area contributed by atoms with Gasteiger partial charge in [0, 0.05) is 55.3 Å². The number of amides is 2. The number of aromatic nitrogens is 2. The van der Waals surface area contributed by atoms with Crippen molar-refractivity contribution in [3.8, 4) is 16.1 Å². The minimum absolute atomic E-state index is 0.264. The number of thiophene rings is 1. The van der Waals surface area contributed by atoms with E-state index in [0.29, 0.717) is 47.2 Å². The van der Waals surface area contributed by atoms with E-state index in [1.165, 1.54) is 22.0 Å². The standard InChI is InChI=1S/C37H41F2N7O3S/c1-5-41-36(48)42-25-18-16-24(17-19-25)33-28(22-43(4)21-20-31(40)44(6-2)7-3)32-34(47)46(26-12-9-8-10-13-26)37(49)45(35(32)50-33)23-27-29(38)14-11-15-30(27)39/h8-19,40H,5-7,20-23H2,1-4H3,(H2,41,42,48). The minimum Gasteiger partial charge on any atom is -0.361 e. The molecule has 0 bridgehead atoms. The number of carbonyl (C=O) groups excluding carboxylic acids is 1. The third-order valence-corrected chi connectivity index (χ3v) is 9.81. The lowest BCUT2D eigenvalue weighted by molar-refractivity contribution is 0.252. The maximum absolute atomic E-state index is 15.0. The first-order chi connectivity index (χ1) is 24.1. The van der Waals surface area contributed by atoms with E-state index < -0.39 is 29.4 Å². The number of carbonyl (C=O) groups is 1. The number of anilines is 1. The molecule has 0 spiro atoms. The summed E-state index contributed by atoms with van der Waals surface area (Å²) in [4.78, 5) is 45.8. The molecule has 2 amide bonds. The summed E-state index contributed by atoms with van der Waals surface area (Å²) in [7, 11) is 1.91. The van der Waals surface area contributed by atoms with Gasteiger partial charge < -0.3 is 20.4 Å². The zero-order chi connectivity index (χ0) is 35.9. The maximum Gasteiger partial charge on any atom is 0.337 e. The minimum atomic E-state index is -0.801. The van der Waals surface area contributed by atoms with Gasteiger partial charge in [-0.25, -0.2) is 22.9 Å². The molecular weight excluding hydrogens is 661 g/mol. The van der Waals surface area contributed by atoms with Gasteiger partial charge in [0.2, 0.25) is 0 Å². The molecule has 2 heterocycles. The van der Waals surface area contributed by atoms with Crippen LogP contribution in [0.4, 0.5) is 19.3 Å². The summed E-state index contributed by atoms with van der Waals surface area (Å²) < 4.78 is 32.4. The van der Waals surface area contributed by atoms with Crippen LogP contribution in [0.15, 0.2) is 82.4 Å². The number of amidine groups is 1. The van der Waals surface area contributed by atoms with Crippen LogP contribution in [-0.4, -0.2) is 64.0 Å². The summed E-state index contributed by atoms with van der Waals surface area (Å²) in [5.41, 5.74) is 0.701. The summed E-state index contributed by atoms with van der Waals surface area (Å²) in [5.74, 6) is -1.09. The predicted molar refractivity (Wildman–Crippen MR) is 197 cm³/mol. The van der Waals surface area contributed by atoms with Crippen LogP contribution in [0.25, 0.3) is 26.3 Å². The van der Waals surface area contributed by atoms with E-state index in [4.69, 9.17) is 5.41 Å². The third-order valence-electron chi connectivity index (χ3n) is 8.51. The van der Waals surface area contributed by atoms with Gasteiger partial charge in [0.1, 0.15) is 16.5 Å². The second-order valence-corrected chi connectivity index (χ2v) is 12.8. The maximum atomic E-state index is 15.0. The monoisotopic (exact) mass is 701 g/mol. The quantitative estimate of drug-likeness (QED) is 0.0960. The molecule has 0 fully saturated rings. The molecule has 0 radical (unpaired) electrons. The Balaban J connectivity index is 1.72. The lowest BCUT2D eigenvalue weighted by atomic mass is 10.1. The van der Waals surface area contributed by atoms with Gasteiger partial charge in [0.15, 0.2) is 0 Å². The van der Waals surface area contributed by atoms with Crippen LogP contribution in [0.5, 0.6) is 0 Å². The number of urea groups is 1. The number of nitrogens with one attached hydrogen (secondary N) is 3. The van der Waals surface area contributed by atoms with Crippen molar-refractivity contribution < 1.29 is 13.6 Å². The van der Waals surface area contributed by atoms with Crippen LogP contribution in [0.3, 0.4) is 0 Å². The largest absolute Gasteiger partial charge is 0.361 e. The number of benzene rings is 3. The molecule has 0 atom stereocenters. The zero-order valence-corrected chi connectivity index (χ0v) is 29.4. The van der Waals surface area contributed by atoms with Crippen molar-refractivity contribution in [1.82, 2.24) is 24.3 Å². The molecule has 0 unspecified atom stereocenters. The molecule has 3 N–H and O–H groups in total. The Morgan fingerprint density at radius 2 is 1.56 bits per heavy atom. The second-order valence-electron chi connectivity index (χ2n) is 11.8. The fourth-order valence-electron chi connectivity index (χ4n) is 5.89. The van der Waals surface area contributed by atoms with Crippen molar-refractivity contribution in [2.24, 2.45) is 0 Å². The molecule has 5 aromatic rings. The van der Waals surface area contributed by atoms with Crippen LogP contribution in [0.1, 0.15) is 38.3 Å². The van der Waals surface area contributed by atoms with E-state index in [1.54, 1.807) is 42.5 Å². The Kier molecular flexibility index (Phi) is 11.6. The topological polar surface area (TPSA) is 115 Å². The van der Waals surface area contributed by atoms with E-state index in [1.807, 2.05) is 49.8 Å². The third kappa shape index (κ3) is 7.68. The van der Waals surface area contributed by atoms with Crippen molar-refractivity contribution in [3.63, 3.8) is 0 Å². The van der Waals surface area contributed by atoms with Gasteiger partial charge in [-0.15, -0.1) is 11.3 Å². The fourth-order valence-corrected chi connectivity index (χ4v) is 7.19. The van der Waals surface area contributed by atoms with Crippen molar-refractivity contribution in [3.05, 3.63) is 116 Å². The van der Waals surface area contributed by atoms with Crippen LogP contribution < -0.4 is 21.9 Å². The van der Waals surface area contributed by atoms with Gasteiger partial charge in [0.05, 0.1) is 23.5 Å². The number of halogens is 2. The zero-order valence-electron chi connectivity index (χ0n) is 28.6. The molecule has 0 saturated carbocycles. The average molecular weight is 702 g/mol. The van der Waals surface area contributed by atoms with Gasteiger partial charge >= 0.3 is 11.7 Å². The Morgan fingerprint density at radius 1 is 0.900 bits per heavy atom. The Bertz CT molecular complexity index is 2090. The van der Waals surface area contributed by atoms with Gasteiger partial charge in [-0.1, -0.05) is 36.4 Å². The van der Waals surface area contributed by atoms with E-state index in [0.717, 1.165) is 35.4 Å². The van der Waals surface area contributed by atoms with E-state index in [2.05, 4.69) is 10.6 Å². The molecule has 10 nitrogen and oxygen atoms in total. The molecule has 262 valence electrons. The highest BCUT2D eigenvalue weighted by Gasteiger charge is 2.26. The van der Waals surface area contributed by atoms with Gasteiger partial charge in [0.25, 0.3) is 5.56 Å². The predicted octanol–water partition coefficient (Wildman–Crippen LogP) is 6.49. The lowest BCUT2D eigenvalue weighted by Crippen LogP contribution is -2.39. The van der Waals surface area contributed by atoms with Gasteiger partial charge in [-0.2, -0.15) is 0 Å². The molecule has 13 heteroatoms. The summed E-state index contributed by atoms with van der Waals surface area (Å²) in [6.45, 7) is 8.12. The molecule has 3 aromatic carbocycles. The van der Waals surface area contributed by atoms with Crippen molar-refractivity contribution in [2.75, 3.05) is 38.5 Å². The Morgan fingerprint density at radius 3 is 2.18 bits per heavy atom. The number of hydrogen-bond acceptors (Lipinski definition) is 6. The average Bonchev–Trinajstić information content (AvgIpc) is 3.47. The molecule has 50 heavy (non-hydrogen) atoms. The van der Waals surface area contributed by atoms with Crippen LogP contribution in [0, 0.1) is 17.0 Å². The molecule has 5 rings (SSSR count). The Labute approximate surface area is 293 Å². The van der Waals surface area contributed by atoms with Crippen LogP contribution >= 0.6 is 11.3 Å². The van der Waals surface area contributed by atoms with Crippen molar-refractivity contribution >= 4 is 39.1 Å². The number of fused-ring (bicyclic) bond motifs is 1. The highest BCUT2D eigenvalue weighted by Crippen LogP contribution is 2.38. The molecule has 2 aromatic heterocycles. The first-order valence-corrected chi connectivity index (χ1v) is 17.3. The number of hydrogen-bond donors (Lipinski definition) is 3. The fraction of sp³-hybridized carbons (Fsp3) is 0.297. The highest BCUT2D eigenvalue weighted by molar-refractivity contribution is 7.22. The van der Waals surface area contributed by atoms with E-state index >= 15 is 8.78 Å². The second kappa shape index (κ2) is 16.0. The first kappa shape index (κ1) is 36.1. The molecule has 0 aliphatic rings. The number of rotatable bonds is 13. The molecule has 0 aliphatic carbocycles. The lowest BCUT2D eigenvalue weighted by Gasteiger charge is -2.24. The smallest absolute Gasteiger partial charge is 0.337 e. The van der Waals surface area contributed by atoms with E-state index in [9.17, 15) is 14.4 Å². The number of nitrogens with zero attached hydrogens (tertiary/aromatic N) is 4. The summed E-state index contributed by atoms with van der Waals surface area (Å²) in [6.07, 6.45) is 0.487. The number of para-hydroxylation sites is 1. The summed E-state index contributed by atoms with van der Waals surface area (Å²) in [6, 6.07) is 18.8.